The summed E-state index contributed by atoms with van der Waals surface area (Å²) in [6.07, 6.45) is 3.63. The monoisotopic (exact) mass is 230 g/mol. The van der Waals surface area contributed by atoms with Crippen molar-refractivity contribution in [1.29, 1.82) is 0 Å². The van der Waals surface area contributed by atoms with Crippen LogP contribution in [0.15, 0.2) is 48.5 Å². The predicted molar refractivity (Wildman–Crippen MR) is 68.2 cm³/mol. The van der Waals surface area contributed by atoms with E-state index >= 15 is 0 Å². The third-order valence-electron chi connectivity index (χ3n) is 2.24. The fraction of sp³-hybridized carbons (Fsp3) is 0. The standard InChI is InChI=1S/C13H11O2P/c1-16-15-13-9-5-3-7-11(13)10-6-2-4-8-12(10)14/h2-9,14H,1H2. The second-order valence-electron chi connectivity index (χ2n) is 3.23. The van der Waals surface area contributed by atoms with Crippen LogP contribution in [0.5, 0.6) is 11.5 Å². The van der Waals surface area contributed by atoms with Gasteiger partial charge in [0.05, 0.1) is 0 Å². The van der Waals surface area contributed by atoms with Crippen molar-refractivity contribution >= 4 is 14.7 Å². The first-order valence-corrected chi connectivity index (χ1v) is 5.83. The van der Waals surface area contributed by atoms with Gasteiger partial charge in [0.1, 0.15) is 19.9 Å². The van der Waals surface area contributed by atoms with Gasteiger partial charge in [-0.15, -0.1) is 0 Å². The van der Waals surface area contributed by atoms with E-state index in [0.29, 0.717) is 8.43 Å². The maximum atomic E-state index is 9.78. The highest BCUT2D eigenvalue weighted by atomic mass is 31.1. The van der Waals surface area contributed by atoms with Gasteiger partial charge >= 0.3 is 0 Å². The third-order valence-corrected chi connectivity index (χ3v) is 2.57. The normalized spacial score (nSPS) is 10.2. The molecule has 0 saturated carbocycles. The molecule has 80 valence electrons. The van der Waals surface area contributed by atoms with Crippen LogP contribution in [0.25, 0.3) is 11.1 Å². The Morgan fingerprint density at radius 1 is 0.938 bits per heavy atom. The first-order valence-electron chi connectivity index (χ1n) is 4.83. The van der Waals surface area contributed by atoms with Crippen molar-refractivity contribution in [3.63, 3.8) is 0 Å². The molecular formula is C13H11O2P. The summed E-state index contributed by atoms with van der Waals surface area (Å²) in [4.78, 5) is 0. The van der Waals surface area contributed by atoms with Crippen LogP contribution in [0, 0.1) is 0 Å². The molecule has 16 heavy (non-hydrogen) atoms. The molecule has 0 fully saturated rings. The van der Waals surface area contributed by atoms with Crippen LogP contribution in [0.3, 0.4) is 0 Å². The summed E-state index contributed by atoms with van der Waals surface area (Å²) in [7, 11) is 0.590. The Morgan fingerprint density at radius 3 is 2.25 bits per heavy atom. The minimum Gasteiger partial charge on any atom is -0.507 e. The molecule has 0 atom stereocenters. The van der Waals surface area contributed by atoms with Gasteiger partial charge in [-0.2, -0.15) is 0 Å². The Balaban J connectivity index is 2.55. The van der Waals surface area contributed by atoms with Crippen LogP contribution in [-0.2, 0) is 0 Å². The quantitative estimate of drug-likeness (QED) is 0.814. The highest BCUT2D eigenvalue weighted by molar-refractivity contribution is 7.31. The summed E-state index contributed by atoms with van der Waals surface area (Å²) in [5.41, 5.74) is 1.64. The molecule has 0 heterocycles. The molecule has 0 radical (unpaired) electrons. The lowest BCUT2D eigenvalue weighted by atomic mass is 10.0. The summed E-state index contributed by atoms with van der Waals surface area (Å²) in [6, 6.07) is 14.8. The molecular weight excluding hydrogens is 219 g/mol. The van der Waals surface area contributed by atoms with E-state index < -0.39 is 0 Å². The van der Waals surface area contributed by atoms with E-state index in [1.54, 1.807) is 12.1 Å². The van der Waals surface area contributed by atoms with E-state index in [4.69, 9.17) is 4.52 Å². The third kappa shape index (κ3) is 2.07. The Hall–Kier alpha value is -1.79. The van der Waals surface area contributed by atoms with Crippen molar-refractivity contribution in [2.75, 3.05) is 0 Å². The first kappa shape index (κ1) is 10.7. The fourth-order valence-corrected chi connectivity index (χ4v) is 1.84. The Labute approximate surface area is 96.0 Å². The molecule has 0 amide bonds. The predicted octanol–water partition coefficient (Wildman–Crippen LogP) is 3.73. The topological polar surface area (TPSA) is 29.5 Å². The Bertz CT molecular complexity index is 509. The van der Waals surface area contributed by atoms with Gasteiger partial charge in [0.25, 0.3) is 0 Å². The van der Waals surface area contributed by atoms with Crippen molar-refractivity contribution in [2.24, 2.45) is 0 Å². The fourth-order valence-electron chi connectivity index (χ4n) is 1.54. The van der Waals surface area contributed by atoms with Crippen LogP contribution < -0.4 is 4.52 Å². The molecule has 0 aliphatic rings. The van der Waals surface area contributed by atoms with E-state index in [-0.39, 0.29) is 5.75 Å². The van der Waals surface area contributed by atoms with Gasteiger partial charge in [-0.3, -0.25) is 0 Å². The average molecular weight is 230 g/mol. The maximum Gasteiger partial charge on any atom is 0.139 e. The van der Waals surface area contributed by atoms with E-state index in [1.807, 2.05) is 36.4 Å². The molecule has 1 N–H and O–H groups in total. The minimum absolute atomic E-state index is 0.249. The van der Waals surface area contributed by atoms with Gasteiger partial charge in [0.2, 0.25) is 0 Å². The number of aromatic hydroxyl groups is 1. The van der Waals surface area contributed by atoms with Gasteiger partial charge in [0.15, 0.2) is 0 Å². The molecule has 0 aliphatic heterocycles. The van der Waals surface area contributed by atoms with Gasteiger partial charge in [-0.05, 0) is 18.4 Å². The number of para-hydroxylation sites is 2. The van der Waals surface area contributed by atoms with Crippen molar-refractivity contribution in [2.45, 2.75) is 0 Å². The van der Waals surface area contributed by atoms with E-state index in [1.165, 1.54) is 0 Å². The molecule has 2 nitrogen and oxygen atoms in total. The molecule has 0 spiro atoms. The summed E-state index contributed by atoms with van der Waals surface area (Å²) in [6.45, 7) is 0. The summed E-state index contributed by atoms with van der Waals surface area (Å²) < 4.78 is 5.40. The number of hydrogen-bond donors (Lipinski definition) is 1. The van der Waals surface area contributed by atoms with Gasteiger partial charge < -0.3 is 9.63 Å². The van der Waals surface area contributed by atoms with Crippen molar-refractivity contribution < 1.29 is 9.63 Å². The van der Waals surface area contributed by atoms with Gasteiger partial charge in [0, 0.05) is 11.1 Å². The second-order valence-corrected chi connectivity index (χ2v) is 3.67. The zero-order valence-electron chi connectivity index (χ0n) is 8.63. The van der Waals surface area contributed by atoms with Crippen molar-refractivity contribution in [3.8, 4) is 22.6 Å². The molecule has 0 bridgehead atoms. The lowest BCUT2D eigenvalue weighted by molar-refractivity contribution is 0.477. The van der Waals surface area contributed by atoms with Gasteiger partial charge in [-0.25, -0.2) is 0 Å². The molecule has 0 aliphatic carbocycles. The molecule has 2 aromatic rings. The van der Waals surface area contributed by atoms with E-state index in [0.717, 1.165) is 16.9 Å². The highest BCUT2D eigenvalue weighted by Crippen LogP contribution is 2.36. The van der Waals surface area contributed by atoms with Gasteiger partial charge in [-0.1, -0.05) is 36.4 Å². The average Bonchev–Trinajstić information content (AvgIpc) is 2.31. The number of phenols is 1. The van der Waals surface area contributed by atoms with Crippen molar-refractivity contribution in [3.05, 3.63) is 48.5 Å². The molecule has 0 unspecified atom stereocenters. The van der Waals surface area contributed by atoms with Crippen LogP contribution in [0.2, 0.25) is 0 Å². The number of phenolic OH excluding ortho intramolecular Hbond substituents is 1. The second kappa shape index (κ2) is 4.82. The zero-order chi connectivity index (χ0) is 11.4. The molecule has 2 aromatic carbocycles. The largest absolute Gasteiger partial charge is 0.507 e. The summed E-state index contributed by atoms with van der Waals surface area (Å²) in [5, 5.41) is 9.78. The Kier molecular flexibility index (Phi) is 3.23. The number of benzene rings is 2. The minimum atomic E-state index is 0.249. The van der Waals surface area contributed by atoms with Crippen LogP contribution >= 0.6 is 8.43 Å². The Morgan fingerprint density at radius 2 is 1.56 bits per heavy atom. The number of hydrogen-bond acceptors (Lipinski definition) is 2. The van der Waals surface area contributed by atoms with Crippen LogP contribution in [-0.4, -0.2) is 11.4 Å². The van der Waals surface area contributed by atoms with Crippen LogP contribution in [0.1, 0.15) is 0 Å². The molecule has 0 aromatic heterocycles. The first-order chi connectivity index (χ1) is 7.83. The summed E-state index contributed by atoms with van der Waals surface area (Å²) >= 11 is 0. The SMILES string of the molecule is C=POc1ccccc1-c1ccccc1O. The van der Waals surface area contributed by atoms with Crippen molar-refractivity contribution in [1.82, 2.24) is 0 Å². The summed E-state index contributed by atoms with van der Waals surface area (Å²) in [5.74, 6) is 0.972. The van der Waals surface area contributed by atoms with E-state index in [9.17, 15) is 5.11 Å². The maximum absolute atomic E-state index is 9.78. The highest BCUT2D eigenvalue weighted by Gasteiger charge is 2.08. The van der Waals surface area contributed by atoms with E-state index in [2.05, 4.69) is 6.30 Å². The zero-order valence-corrected chi connectivity index (χ0v) is 9.52. The number of rotatable bonds is 3. The molecule has 2 rings (SSSR count). The molecule has 0 saturated heterocycles. The van der Waals surface area contributed by atoms with Crippen LogP contribution in [0.4, 0.5) is 0 Å². The lowest BCUT2D eigenvalue weighted by Gasteiger charge is -2.08. The lowest BCUT2D eigenvalue weighted by Crippen LogP contribution is -1.83. The molecule has 3 heteroatoms. The smallest absolute Gasteiger partial charge is 0.139 e.